The van der Waals surface area contributed by atoms with Crippen LogP contribution in [0.15, 0.2) is 42.6 Å². The van der Waals surface area contributed by atoms with E-state index in [9.17, 15) is 18.8 Å². The number of Topliss-reactive ketones (excluding diaryl/α,β-unsaturated/α-hetero) is 1. The lowest BCUT2D eigenvalue weighted by Gasteiger charge is -2.27. The van der Waals surface area contributed by atoms with E-state index in [-0.39, 0.29) is 41.2 Å². The van der Waals surface area contributed by atoms with Gasteiger partial charge in [-0.3, -0.25) is 14.4 Å². The molecule has 0 spiro atoms. The van der Waals surface area contributed by atoms with Crippen LogP contribution < -0.4 is 5.32 Å². The van der Waals surface area contributed by atoms with E-state index >= 15 is 0 Å². The van der Waals surface area contributed by atoms with Crippen LogP contribution in [0, 0.1) is 11.7 Å². The van der Waals surface area contributed by atoms with Crippen molar-refractivity contribution in [3.63, 3.8) is 0 Å². The number of likely N-dealkylation sites (tertiary alicyclic amines) is 1. The van der Waals surface area contributed by atoms with Crippen LogP contribution >= 0.6 is 11.6 Å². The Kier molecular flexibility index (Phi) is 7.70. The predicted molar refractivity (Wildman–Crippen MR) is 132 cm³/mol. The zero-order chi connectivity index (χ0) is 26.0. The number of nitrogens with one attached hydrogen (secondary N) is 1. The summed E-state index contributed by atoms with van der Waals surface area (Å²) in [5.41, 5.74) is 1.14. The van der Waals surface area contributed by atoms with Crippen LogP contribution in [0.2, 0.25) is 5.02 Å². The maximum Gasteiger partial charge on any atom is 0.243 e. The lowest BCUT2D eigenvalue weighted by atomic mass is 10.0. The van der Waals surface area contributed by atoms with Crippen molar-refractivity contribution in [3.05, 3.63) is 70.5 Å². The highest BCUT2D eigenvalue weighted by atomic mass is 35.5. The SMILES string of the molecule is COC[C@@H](NC(=O)[C@@H]1CC(C)CN1C(=O)Cc1nc(C(C)=O)c2ccccn12)c1cccc(Cl)c1F. The van der Waals surface area contributed by atoms with E-state index < -0.39 is 23.8 Å². The maximum absolute atomic E-state index is 14.7. The number of ketones is 1. The third-order valence-electron chi connectivity index (χ3n) is 6.40. The molecule has 0 bridgehead atoms. The van der Waals surface area contributed by atoms with Gasteiger partial charge in [0.25, 0.3) is 0 Å². The van der Waals surface area contributed by atoms with Gasteiger partial charge in [-0.05, 0) is 30.5 Å². The summed E-state index contributed by atoms with van der Waals surface area (Å²) in [7, 11) is 1.46. The fourth-order valence-electron chi connectivity index (χ4n) is 4.73. The number of aromatic nitrogens is 2. The Balaban J connectivity index is 1.55. The van der Waals surface area contributed by atoms with E-state index in [1.807, 2.05) is 6.92 Å². The van der Waals surface area contributed by atoms with Crippen LogP contribution in [0.3, 0.4) is 0 Å². The van der Waals surface area contributed by atoms with E-state index in [4.69, 9.17) is 16.3 Å². The molecule has 36 heavy (non-hydrogen) atoms. The molecule has 1 N–H and O–H groups in total. The zero-order valence-electron chi connectivity index (χ0n) is 20.3. The molecule has 2 aromatic heterocycles. The van der Waals surface area contributed by atoms with Gasteiger partial charge in [-0.2, -0.15) is 0 Å². The zero-order valence-corrected chi connectivity index (χ0v) is 21.1. The first-order valence-corrected chi connectivity index (χ1v) is 12.1. The Morgan fingerprint density at radius 1 is 1.25 bits per heavy atom. The number of benzene rings is 1. The molecule has 3 heterocycles. The average molecular weight is 515 g/mol. The number of rotatable bonds is 8. The molecule has 10 heteroatoms. The van der Waals surface area contributed by atoms with Crippen molar-refractivity contribution >= 4 is 34.7 Å². The Morgan fingerprint density at radius 2 is 2.03 bits per heavy atom. The van der Waals surface area contributed by atoms with Crippen molar-refractivity contribution in [2.45, 2.75) is 38.8 Å². The Bertz CT molecular complexity index is 1310. The smallest absolute Gasteiger partial charge is 0.243 e. The molecule has 0 saturated carbocycles. The number of ether oxygens (including phenoxy) is 1. The van der Waals surface area contributed by atoms with E-state index in [2.05, 4.69) is 10.3 Å². The highest BCUT2D eigenvalue weighted by Crippen LogP contribution is 2.27. The van der Waals surface area contributed by atoms with Crippen LogP contribution in [-0.2, 0) is 20.7 Å². The highest BCUT2D eigenvalue weighted by molar-refractivity contribution is 6.30. The molecule has 1 fully saturated rings. The number of carbonyl (C=O) groups is 3. The highest BCUT2D eigenvalue weighted by Gasteiger charge is 2.39. The molecule has 0 radical (unpaired) electrons. The molecule has 0 aliphatic carbocycles. The summed E-state index contributed by atoms with van der Waals surface area (Å²) in [6.07, 6.45) is 2.15. The molecule has 3 aromatic rings. The quantitative estimate of drug-likeness (QED) is 0.463. The maximum atomic E-state index is 14.7. The lowest BCUT2D eigenvalue weighted by Crippen LogP contribution is -2.48. The van der Waals surface area contributed by atoms with Gasteiger partial charge in [0.1, 0.15) is 23.4 Å². The fraction of sp³-hybridized carbons (Fsp3) is 0.385. The summed E-state index contributed by atoms with van der Waals surface area (Å²) in [5, 5.41) is 2.79. The second-order valence-corrected chi connectivity index (χ2v) is 9.54. The first-order chi connectivity index (χ1) is 17.2. The van der Waals surface area contributed by atoms with E-state index in [0.717, 1.165) is 0 Å². The van der Waals surface area contributed by atoms with Crippen molar-refractivity contribution < 1.29 is 23.5 Å². The van der Waals surface area contributed by atoms with Gasteiger partial charge in [0, 0.05) is 32.3 Å². The van der Waals surface area contributed by atoms with Crippen molar-refractivity contribution in [3.8, 4) is 0 Å². The summed E-state index contributed by atoms with van der Waals surface area (Å²) >= 11 is 5.93. The lowest BCUT2D eigenvalue weighted by molar-refractivity contribution is -0.138. The van der Waals surface area contributed by atoms with E-state index in [1.165, 1.54) is 25.0 Å². The van der Waals surface area contributed by atoms with Crippen molar-refractivity contribution in [2.75, 3.05) is 20.3 Å². The molecular weight excluding hydrogens is 487 g/mol. The normalized spacial score (nSPS) is 18.4. The van der Waals surface area contributed by atoms with Gasteiger partial charge in [-0.15, -0.1) is 0 Å². The number of hydrogen-bond acceptors (Lipinski definition) is 5. The first kappa shape index (κ1) is 25.8. The molecule has 1 aliphatic heterocycles. The van der Waals surface area contributed by atoms with Gasteiger partial charge in [-0.1, -0.05) is 36.7 Å². The number of halogens is 2. The monoisotopic (exact) mass is 514 g/mol. The molecule has 1 aromatic carbocycles. The standard InChI is InChI=1S/C26H28ClFN4O4/c1-15-11-21(26(35)29-19(14-36-3)17-7-6-8-18(27)24(17)28)32(13-15)23(34)12-22-30-25(16(2)33)20-9-4-5-10-31(20)22/h4-10,15,19,21H,11-14H2,1-3H3,(H,29,35)/t15?,19-,21+/m1/s1. The van der Waals surface area contributed by atoms with E-state index in [1.54, 1.807) is 40.9 Å². The van der Waals surface area contributed by atoms with Crippen LogP contribution in [0.1, 0.15) is 48.2 Å². The van der Waals surface area contributed by atoms with Crippen LogP contribution in [0.5, 0.6) is 0 Å². The van der Waals surface area contributed by atoms with Gasteiger partial charge in [0.15, 0.2) is 5.78 Å². The van der Waals surface area contributed by atoms with Gasteiger partial charge >= 0.3 is 0 Å². The molecule has 190 valence electrons. The van der Waals surface area contributed by atoms with Crippen LogP contribution in [0.25, 0.3) is 5.52 Å². The van der Waals surface area contributed by atoms with Gasteiger partial charge in [0.2, 0.25) is 11.8 Å². The summed E-state index contributed by atoms with van der Waals surface area (Å²) in [4.78, 5) is 44.7. The minimum absolute atomic E-state index is 0.0348. The molecule has 3 atom stereocenters. The Hall–Kier alpha value is -3.30. The minimum atomic E-state index is -0.775. The second-order valence-electron chi connectivity index (χ2n) is 9.13. The van der Waals surface area contributed by atoms with Crippen molar-refractivity contribution in [1.29, 1.82) is 0 Å². The van der Waals surface area contributed by atoms with Gasteiger partial charge in [0.05, 0.1) is 29.6 Å². The molecule has 4 rings (SSSR count). The number of hydrogen-bond donors (Lipinski definition) is 1. The molecule has 2 amide bonds. The van der Waals surface area contributed by atoms with Crippen LogP contribution in [-0.4, -0.2) is 58.2 Å². The third kappa shape index (κ3) is 5.12. The topological polar surface area (TPSA) is 93.0 Å². The Morgan fingerprint density at radius 3 is 2.75 bits per heavy atom. The molecule has 8 nitrogen and oxygen atoms in total. The average Bonchev–Trinajstić information content (AvgIpc) is 3.42. The number of amides is 2. The minimum Gasteiger partial charge on any atom is -0.382 e. The van der Waals surface area contributed by atoms with Crippen LogP contribution in [0.4, 0.5) is 4.39 Å². The number of pyridine rings is 1. The van der Waals surface area contributed by atoms with Gasteiger partial charge < -0.3 is 19.4 Å². The molecular formula is C26H28ClFN4O4. The summed E-state index contributed by atoms with van der Waals surface area (Å²) in [6.45, 7) is 3.84. The first-order valence-electron chi connectivity index (χ1n) is 11.7. The van der Waals surface area contributed by atoms with Crippen molar-refractivity contribution in [1.82, 2.24) is 19.6 Å². The Labute approximate surface area is 213 Å². The predicted octanol–water partition coefficient (Wildman–Crippen LogP) is 3.61. The number of carbonyl (C=O) groups excluding carboxylic acids is 3. The summed E-state index contributed by atoms with van der Waals surface area (Å²) in [6, 6.07) is 8.45. The molecule has 1 unspecified atom stereocenters. The number of methoxy groups -OCH3 is 1. The van der Waals surface area contributed by atoms with E-state index in [0.29, 0.717) is 30.0 Å². The second kappa shape index (κ2) is 10.8. The summed E-state index contributed by atoms with van der Waals surface area (Å²) < 4.78 is 21.6. The largest absolute Gasteiger partial charge is 0.382 e. The van der Waals surface area contributed by atoms with Gasteiger partial charge in [-0.25, -0.2) is 9.37 Å². The molecule has 1 saturated heterocycles. The number of fused-ring (bicyclic) bond motifs is 1. The fourth-order valence-corrected chi connectivity index (χ4v) is 4.91. The van der Waals surface area contributed by atoms with Crippen molar-refractivity contribution in [2.24, 2.45) is 5.92 Å². The number of nitrogens with zero attached hydrogens (tertiary/aromatic N) is 3. The summed E-state index contributed by atoms with van der Waals surface area (Å²) in [5.74, 6) is -0.964. The molecule has 1 aliphatic rings. The number of imidazole rings is 1. The third-order valence-corrected chi connectivity index (χ3v) is 6.70.